The third-order valence-electron chi connectivity index (χ3n) is 3.22. The van der Waals surface area contributed by atoms with Gasteiger partial charge in [-0.3, -0.25) is 0 Å². The lowest BCUT2D eigenvalue weighted by Gasteiger charge is -2.10. The molecule has 1 aromatic heterocycles. The first-order valence-electron chi connectivity index (χ1n) is 6.64. The van der Waals surface area contributed by atoms with E-state index in [9.17, 15) is 4.39 Å². The van der Waals surface area contributed by atoms with Crippen LogP contribution in [0.25, 0.3) is 0 Å². The summed E-state index contributed by atoms with van der Waals surface area (Å²) >= 11 is 0. The van der Waals surface area contributed by atoms with E-state index in [2.05, 4.69) is 15.3 Å². The van der Waals surface area contributed by atoms with Gasteiger partial charge in [-0.2, -0.15) is 10.2 Å². The van der Waals surface area contributed by atoms with Crippen molar-refractivity contribution in [2.45, 2.75) is 18.8 Å². The SMILES string of the molecule is CNc1cc(Oc2cccc(F)c2C#N)nc(C2CC2)n1. The second-order valence-electron chi connectivity index (χ2n) is 4.80. The molecule has 3 rings (SSSR count). The molecule has 0 radical (unpaired) electrons. The van der Waals surface area contributed by atoms with Gasteiger partial charge < -0.3 is 10.1 Å². The number of anilines is 1. The van der Waals surface area contributed by atoms with Crippen LogP contribution >= 0.6 is 0 Å². The Morgan fingerprint density at radius 1 is 1.38 bits per heavy atom. The Hall–Kier alpha value is -2.68. The minimum Gasteiger partial charge on any atom is -0.437 e. The Bertz CT molecular complexity index is 722. The highest BCUT2D eigenvalue weighted by Gasteiger charge is 2.27. The van der Waals surface area contributed by atoms with Gasteiger partial charge in [-0.05, 0) is 25.0 Å². The normalized spacial score (nSPS) is 13.6. The van der Waals surface area contributed by atoms with Crippen LogP contribution in [0.15, 0.2) is 24.3 Å². The van der Waals surface area contributed by atoms with Crippen LogP contribution in [0.4, 0.5) is 10.2 Å². The van der Waals surface area contributed by atoms with Gasteiger partial charge in [-0.1, -0.05) is 6.07 Å². The lowest BCUT2D eigenvalue weighted by Crippen LogP contribution is -2.01. The fraction of sp³-hybridized carbons (Fsp3) is 0.267. The zero-order valence-electron chi connectivity index (χ0n) is 11.4. The standard InChI is InChI=1S/C15H13FN4O/c1-18-13-7-14(20-15(19-13)9-5-6-9)21-12-4-2-3-11(16)10(12)8-17/h2-4,7,9H,5-6H2,1H3,(H,18,19,20). The van der Waals surface area contributed by atoms with E-state index in [1.165, 1.54) is 12.1 Å². The topological polar surface area (TPSA) is 70.8 Å². The number of aromatic nitrogens is 2. The molecule has 0 atom stereocenters. The highest BCUT2D eigenvalue weighted by Crippen LogP contribution is 2.39. The van der Waals surface area contributed by atoms with Crippen LogP contribution in [0, 0.1) is 17.1 Å². The molecule has 21 heavy (non-hydrogen) atoms. The van der Waals surface area contributed by atoms with Gasteiger partial charge in [-0.25, -0.2) is 9.37 Å². The van der Waals surface area contributed by atoms with Crippen LogP contribution in [0.1, 0.15) is 30.1 Å². The van der Waals surface area contributed by atoms with Crippen molar-refractivity contribution in [3.05, 3.63) is 41.5 Å². The number of ether oxygens (including phenoxy) is 1. The highest BCUT2D eigenvalue weighted by molar-refractivity contribution is 5.47. The molecule has 6 heteroatoms. The zero-order valence-corrected chi connectivity index (χ0v) is 11.4. The Labute approximate surface area is 121 Å². The van der Waals surface area contributed by atoms with Crippen molar-refractivity contribution in [1.29, 1.82) is 5.26 Å². The molecular formula is C15H13FN4O. The lowest BCUT2D eigenvalue weighted by atomic mass is 10.2. The van der Waals surface area contributed by atoms with Crippen molar-refractivity contribution in [2.24, 2.45) is 0 Å². The summed E-state index contributed by atoms with van der Waals surface area (Å²) in [6.07, 6.45) is 2.13. The largest absolute Gasteiger partial charge is 0.437 e. The zero-order chi connectivity index (χ0) is 14.8. The van der Waals surface area contributed by atoms with Crippen LogP contribution in [0.3, 0.4) is 0 Å². The minimum atomic E-state index is -0.611. The van der Waals surface area contributed by atoms with E-state index in [0.29, 0.717) is 23.4 Å². The van der Waals surface area contributed by atoms with Crippen LogP contribution < -0.4 is 10.1 Å². The van der Waals surface area contributed by atoms with Gasteiger partial charge in [0.15, 0.2) is 0 Å². The predicted octanol–water partition coefficient (Wildman–Crippen LogP) is 3.20. The first-order chi connectivity index (χ1) is 10.2. The van der Waals surface area contributed by atoms with Gasteiger partial charge in [0.2, 0.25) is 5.88 Å². The Morgan fingerprint density at radius 2 is 2.19 bits per heavy atom. The van der Waals surface area contributed by atoms with Gasteiger partial charge in [0.1, 0.15) is 34.8 Å². The number of halogens is 1. The van der Waals surface area contributed by atoms with E-state index in [4.69, 9.17) is 10.00 Å². The molecule has 5 nitrogen and oxygen atoms in total. The molecular weight excluding hydrogens is 271 g/mol. The average molecular weight is 284 g/mol. The number of nitrogens with zero attached hydrogens (tertiary/aromatic N) is 3. The number of nitriles is 1. The number of hydrogen-bond acceptors (Lipinski definition) is 5. The van der Waals surface area contributed by atoms with E-state index in [-0.39, 0.29) is 11.3 Å². The van der Waals surface area contributed by atoms with Gasteiger partial charge in [0.25, 0.3) is 0 Å². The molecule has 0 amide bonds. The predicted molar refractivity (Wildman–Crippen MR) is 74.7 cm³/mol. The molecule has 1 aliphatic carbocycles. The van der Waals surface area contributed by atoms with Crippen molar-refractivity contribution >= 4 is 5.82 Å². The summed E-state index contributed by atoms with van der Waals surface area (Å²) in [6.45, 7) is 0. The molecule has 1 fully saturated rings. The van der Waals surface area contributed by atoms with Gasteiger partial charge >= 0.3 is 0 Å². The minimum absolute atomic E-state index is 0.130. The maximum atomic E-state index is 13.6. The maximum absolute atomic E-state index is 13.6. The number of nitrogens with one attached hydrogen (secondary N) is 1. The summed E-state index contributed by atoms with van der Waals surface area (Å²) in [5.41, 5.74) is -0.130. The third kappa shape index (κ3) is 2.77. The van der Waals surface area contributed by atoms with E-state index < -0.39 is 5.82 Å². The van der Waals surface area contributed by atoms with Crippen LogP contribution in [-0.4, -0.2) is 17.0 Å². The molecule has 106 valence electrons. The first-order valence-corrected chi connectivity index (χ1v) is 6.64. The number of rotatable bonds is 4. The summed E-state index contributed by atoms with van der Waals surface area (Å²) in [5, 5.41) is 12.0. The van der Waals surface area contributed by atoms with Crippen molar-refractivity contribution in [2.75, 3.05) is 12.4 Å². The van der Waals surface area contributed by atoms with E-state index in [1.807, 2.05) is 0 Å². The summed E-state index contributed by atoms with van der Waals surface area (Å²) in [5.74, 6) is 1.56. The van der Waals surface area contributed by atoms with Gasteiger partial charge in [-0.15, -0.1) is 0 Å². The molecule has 1 heterocycles. The van der Waals surface area contributed by atoms with Crippen molar-refractivity contribution in [3.8, 4) is 17.7 Å². The molecule has 0 bridgehead atoms. The summed E-state index contributed by atoms with van der Waals surface area (Å²) < 4.78 is 19.2. The number of hydrogen-bond donors (Lipinski definition) is 1. The smallest absolute Gasteiger partial charge is 0.224 e. The van der Waals surface area contributed by atoms with Gasteiger partial charge in [0.05, 0.1) is 0 Å². The molecule has 1 saturated carbocycles. The second kappa shape index (κ2) is 5.37. The quantitative estimate of drug-likeness (QED) is 0.933. The summed E-state index contributed by atoms with van der Waals surface area (Å²) in [7, 11) is 1.76. The molecule has 1 aliphatic rings. The Morgan fingerprint density at radius 3 is 2.86 bits per heavy atom. The highest BCUT2D eigenvalue weighted by atomic mass is 19.1. The molecule has 0 unspecified atom stereocenters. The van der Waals surface area contributed by atoms with E-state index >= 15 is 0 Å². The number of benzene rings is 1. The Kier molecular flexibility index (Phi) is 3.40. The second-order valence-corrected chi connectivity index (χ2v) is 4.80. The summed E-state index contributed by atoms with van der Waals surface area (Å²) in [6, 6.07) is 7.68. The third-order valence-corrected chi connectivity index (χ3v) is 3.22. The molecule has 0 aliphatic heterocycles. The van der Waals surface area contributed by atoms with E-state index in [1.54, 1.807) is 25.2 Å². The van der Waals surface area contributed by atoms with Crippen molar-refractivity contribution < 1.29 is 9.13 Å². The van der Waals surface area contributed by atoms with Crippen LogP contribution in [0.2, 0.25) is 0 Å². The lowest BCUT2D eigenvalue weighted by molar-refractivity contribution is 0.452. The van der Waals surface area contributed by atoms with Gasteiger partial charge in [0, 0.05) is 19.0 Å². The fourth-order valence-electron chi connectivity index (χ4n) is 1.96. The van der Waals surface area contributed by atoms with Crippen molar-refractivity contribution in [1.82, 2.24) is 9.97 Å². The Balaban J connectivity index is 1.96. The average Bonchev–Trinajstić information content (AvgIpc) is 3.32. The van der Waals surface area contributed by atoms with Crippen LogP contribution in [0.5, 0.6) is 11.6 Å². The maximum Gasteiger partial charge on any atom is 0.224 e. The monoisotopic (exact) mass is 284 g/mol. The molecule has 0 saturated heterocycles. The van der Waals surface area contributed by atoms with Crippen LogP contribution in [-0.2, 0) is 0 Å². The molecule has 1 N–H and O–H groups in total. The first kappa shape index (κ1) is 13.3. The van der Waals surface area contributed by atoms with E-state index in [0.717, 1.165) is 12.8 Å². The molecule has 1 aromatic carbocycles. The van der Waals surface area contributed by atoms with Crippen molar-refractivity contribution in [3.63, 3.8) is 0 Å². The molecule has 2 aromatic rings. The molecule has 0 spiro atoms. The fourth-order valence-corrected chi connectivity index (χ4v) is 1.96. The summed E-state index contributed by atoms with van der Waals surface area (Å²) in [4.78, 5) is 8.71.